The standard InChI is InChI=1S/C15H9BrF3NO/c1-9-6-11(16)3-5-14(9)21-12-4-2-10(8-20)13(7-12)15(17,18)19/h2-7H,1H3. The van der Waals surface area contributed by atoms with Crippen molar-refractivity contribution in [2.45, 2.75) is 13.1 Å². The Morgan fingerprint density at radius 1 is 1.14 bits per heavy atom. The highest BCUT2D eigenvalue weighted by Crippen LogP contribution is 2.36. The number of hydrogen-bond acceptors (Lipinski definition) is 2. The highest BCUT2D eigenvalue weighted by Gasteiger charge is 2.34. The first-order valence-corrected chi connectivity index (χ1v) is 6.66. The molecule has 108 valence electrons. The van der Waals surface area contributed by atoms with Crippen LogP contribution in [0.15, 0.2) is 40.9 Å². The van der Waals surface area contributed by atoms with Gasteiger partial charge in [-0.1, -0.05) is 15.9 Å². The molecule has 0 bridgehead atoms. The number of benzene rings is 2. The van der Waals surface area contributed by atoms with Crippen molar-refractivity contribution in [3.8, 4) is 17.6 Å². The molecule has 2 nitrogen and oxygen atoms in total. The molecule has 0 radical (unpaired) electrons. The quantitative estimate of drug-likeness (QED) is 0.718. The predicted molar refractivity (Wildman–Crippen MR) is 75.1 cm³/mol. The highest BCUT2D eigenvalue weighted by molar-refractivity contribution is 9.10. The second-order valence-corrected chi connectivity index (χ2v) is 5.24. The number of nitrogens with zero attached hydrogens (tertiary/aromatic N) is 1. The lowest BCUT2D eigenvalue weighted by molar-refractivity contribution is -0.137. The topological polar surface area (TPSA) is 33.0 Å². The maximum Gasteiger partial charge on any atom is 0.417 e. The van der Waals surface area contributed by atoms with Crippen molar-refractivity contribution < 1.29 is 17.9 Å². The summed E-state index contributed by atoms with van der Waals surface area (Å²) in [6, 6.07) is 10.00. The van der Waals surface area contributed by atoms with Crippen molar-refractivity contribution in [3.05, 3.63) is 57.6 Å². The van der Waals surface area contributed by atoms with Crippen LogP contribution in [0.3, 0.4) is 0 Å². The van der Waals surface area contributed by atoms with E-state index in [1.165, 1.54) is 12.1 Å². The van der Waals surface area contributed by atoms with Crippen molar-refractivity contribution in [1.29, 1.82) is 5.26 Å². The molecule has 0 aliphatic carbocycles. The van der Waals surface area contributed by atoms with Gasteiger partial charge in [0.05, 0.1) is 17.2 Å². The summed E-state index contributed by atoms with van der Waals surface area (Å²) in [6.45, 7) is 1.79. The summed E-state index contributed by atoms with van der Waals surface area (Å²) in [5.74, 6) is 0.489. The van der Waals surface area contributed by atoms with Crippen molar-refractivity contribution in [3.63, 3.8) is 0 Å². The van der Waals surface area contributed by atoms with Gasteiger partial charge in [-0.15, -0.1) is 0 Å². The van der Waals surface area contributed by atoms with Crippen LogP contribution in [0.4, 0.5) is 13.2 Å². The van der Waals surface area contributed by atoms with Crippen LogP contribution in [0.1, 0.15) is 16.7 Å². The monoisotopic (exact) mass is 355 g/mol. The fourth-order valence-electron chi connectivity index (χ4n) is 1.77. The number of halogens is 4. The Morgan fingerprint density at radius 2 is 1.86 bits per heavy atom. The van der Waals surface area contributed by atoms with Crippen LogP contribution in [-0.4, -0.2) is 0 Å². The summed E-state index contributed by atoms with van der Waals surface area (Å²) in [7, 11) is 0. The molecule has 0 heterocycles. The molecule has 0 aliphatic rings. The summed E-state index contributed by atoms with van der Waals surface area (Å²) >= 11 is 3.30. The second kappa shape index (κ2) is 5.78. The van der Waals surface area contributed by atoms with E-state index in [0.717, 1.165) is 22.2 Å². The molecule has 2 aromatic carbocycles. The van der Waals surface area contributed by atoms with E-state index in [0.29, 0.717) is 5.75 Å². The zero-order chi connectivity index (χ0) is 15.6. The zero-order valence-electron chi connectivity index (χ0n) is 10.8. The lowest BCUT2D eigenvalue weighted by atomic mass is 10.1. The summed E-state index contributed by atoms with van der Waals surface area (Å²) < 4.78 is 44.9. The van der Waals surface area contributed by atoms with Crippen LogP contribution in [-0.2, 0) is 6.18 Å². The van der Waals surface area contributed by atoms with Crippen LogP contribution in [0.25, 0.3) is 0 Å². The minimum atomic E-state index is -4.60. The average molecular weight is 356 g/mol. The molecule has 0 saturated heterocycles. The Labute approximate surface area is 127 Å². The molecule has 0 aliphatic heterocycles. The average Bonchev–Trinajstić information content (AvgIpc) is 2.41. The summed E-state index contributed by atoms with van der Waals surface area (Å²) in [5.41, 5.74) is -0.651. The summed E-state index contributed by atoms with van der Waals surface area (Å²) in [5, 5.41) is 8.74. The third-order valence-corrected chi connectivity index (χ3v) is 3.27. The van der Waals surface area contributed by atoms with Crippen molar-refractivity contribution in [2.24, 2.45) is 0 Å². The third-order valence-electron chi connectivity index (χ3n) is 2.78. The Balaban J connectivity index is 2.40. The molecule has 0 unspecified atom stereocenters. The van der Waals surface area contributed by atoms with Gasteiger partial charge in [0.15, 0.2) is 0 Å². The molecule has 0 atom stereocenters. The molecule has 21 heavy (non-hydrogen) atoms. The molecule has 2 aromatic rings. The van der Waals surface area contributed by atoms with Crippen LogP contribution < -0.4 is 4.74 Å². The summed E-state index contributed by atoms with van der Waals surface area (Å²) in [4.78, 5) is 0. The van der Waals surface area contributed by atoms with Gasteiger partial charge in [-0.2, -0.15) is 18.4 Å². The number of ether oxygens (including phenoxy) is 1. The fourth-order valence-corrected chi connectivity index (χ4v) is 2.25. The molecule has 0 spiro atoms. The van der Waals surface area contributed by atoms with E-state index in [1.54, 1.807) is 25.1 Å². The molecule has 6 heteroatoms. The smallest absolute Gasteiger partial charge is 0.417 e. The minimum Gasteiger partial charge on any atom is -0.457 e. The Kier molecular flexibility index (Phi) is 4.24. The third kappa shape index (κ3) is 3.56. The van der Waals surface area contributed by atoms with Crippen molar-refractivity contribution in [1.82, 2.24) is 0 Å². The van der Waals surface area contributed by atoms with E-state index < -0.39 is 17.3 Å². The predicted octanol–water partition coefficient (Wildman–Crippen LogP) is 5.44. The van der Waals surface area contributed by atoms with E-state index in [9.17, 15) is 13.2 Å². The van der Waals surface area contributed by atoms with Gasteiger partial charge in [-0.3, -0.25) is 0 Å². The SMILES string of the molecule is Cc1cc(Br)ccc1Oc1ccc(C#N)c(C(F)(F)F)c1. The van der Waals surface area contributed by atoms with Crippen LogP contribution >= 0.6 is 15.9 Å². The van der Waals surface area contributed by atoms with Gasteiger partial charge < -0.3 is 4.74 Å². The van der Waals surface area contributed by atoms with Gasteiger partial charge >= 0.3 is 6.18 Å². The molecular formula is C15H9BrF3NO. The van der Waals surface area contributed by atoms with E-state index in [1.807, 2.05) is 0 Å². The fraction of sp³-hybridized carbons (Fsp3) is 0.133. The Bertz CT molecular complexity index is 720. The molecule has 0 aromatic heterocycles. The molecule has 0 amide bonds. The number of hydrogen-bond donors (Lipinski definition) is 0. The molecule has 0 N–H and O–H groups in total. The number of alkyl halides is 3. The van der Waals surface area contributed by atoms with E-state index in [-0.39, 0.29) is 5.75 Å². The Morgan fingerprint density at radius 3 is 2.43 bits per heavy atom. The first kappa shape index (κ1) is 15.4. The van der Waals surface area contributed by atoms with Crippen LogP contribution in [0.5, 0.6) is 11.5 Å². The molecule has 2 rings (SSSR count). The van der Waals surface area contributed by atoms with Crippen LogP contribution in [0.2, 0.25) is 0 Å². The van der Waals surface area contributed by atoms with Crippen LogP contribution in [0, 0.1) is 18.3 Å². The lowest BCUT2D eigenvalue weighted by Gasteiger charge is -2.13. The first-order chi connectivity index (χ1) is 9.81. The van der Waals surface area contributed by atoms with Gasteiger partial charge in [0.1, 0.15) is 11.5 Å². The highest BCUT2D eigenvalue weighted by atomic mass is 79.9. The number of nitriles is 1. The molecular weight excluding hydrogens is 347 g/mol. The van der Waals surface area contributed by atoms with E-state index in [4.69, 9.17) is 10.00 Å². The van der Waals surface area contributed by atoms with Crippen molar-refractivity contribution >= 4 is 15.9 Å². The number of rotatable bonds is 2. The number of aryl methyl sites for hydroxylation is 1. The minimum absolute atomic E-state index is 0.0340. The van der Waals surface area contributed by atoms with Gasteiger partial charge in [-0.05, 0) is 48.9 Å². The van der Waals surface area contributed by atoms with Gasteiger partial charge in [-0.25, -0.2) is 0 Å². The normalized spacial score (nSPS) is 11.0. The lowest BCUT2D eigenvalue weighted by Crippen LogP contribution is -2.08. The molecule has 0 fully saturated rings. The summed E-state index contributed by atoms with van der Waals surface area (Å²) in [6.07, 6.45) is -4.60. The second-order valence-electron chi connectivity index (χ2n) is 4.33. The maximum absolute atomic E-state index is 12.9. The maximum atomic E-state index is 12.9. The van der Waals surface area contributed by atoms with E-state index >= 15 is 0 Å². The van der Waals surface area contributed by atoms with Crippen molar-refractivity contribution in [2.75, 3.05) is 0 Å². The van der Waals surface area contributed by atoms with Gasteiger partial charge in [0, 0.05) is 4.47 Å². The zero-order valence-corrected chi connectivity index (χ0v) is 12.4. The first-order valence-electron chi connectivity index (χ1n) is 5.86. The van der Waals surface area contributed by atoms with Gasteiger partial charge in [0.2, 0.25) is 0 Å². The molecule has 0 saturated carbocycles. The van der Waals surface area contributed by atoms with E-state index in [2.05, 4.69) is 15.9 Å². The van der Waals surface area contributed by atoms with Gasteiger partial charge in [0.25, 0.3) is 0 Å². The Hall–Kier alpha value is -2.00. The largest absolute Gasteiger partial charge is 0.457 e.